The quantitative estimate of drug-likeness (QED) is 0.898. The Morgan fingerprint density at radius 3 is 2.05 bits per heavy atom. The van der Waals surface area contributed by atoms with Gasteiger partial charge in [-0.25, -0.2) is 0 Å². The molecule has 2 aromatic rings. The Bertz CT molecular complexity index is 587. The first-order valence-corrected chi connectivity index (χ1v) is 6.14. The van der Waals surface area contributed by atoms with Gasteiger partial charge in [0.25, 0.3) is 0 Å². The fourth-order valence-corrected chi connectivity index (χ4v) is 1.74. The van der Waals surface area contributed by atoms with Crippen LogP contribution < -0.4 is 14.8 Å². The van der Waals surface area contributed by atoms with Crippen LogP contribution in [0.4, 0.5) is 18.9 Å². The maximum absolute atomic E-state index is 12.5. The smallest absolute Gasteiger partial charge is 0.416 e. The Hall–Kier alpha value is -2.37. The van der Waals surface area contributed by atoms with Gasteiger partial charge in [-0.1, -0.05) is 0 Å². The molecule has 1 N–H and O–H groups in total. The Morgan fingerprint density at radius 1 is 0.905 bits per heavy atom. The Balaban J connectivity index is 2.22. The molecule has 0 saturated heterocycles. The van der Waals surface area contributed by atoms with E-state index >= 15 is 0 Å². The average Bonchev–Trinajstić information content (AvgIpc) is 2.46. The fourth-order valence-electron chi connectivity index (χ4n) is 1.74. The van der Waals surface area contributed by atoms with Gasteiger partial charge in [0.05, 0.1) is 12.7 Å². The van der Waals surface area contributed by atoms with E-state index in [2.05, 4.69) is 5.32 Å². The summed E-state index contributed by atoms with van der Waals surface area (Å²) in [6.45, 7) is 0. The van der Waals surface area contributed by atoms with Crippen LogP contribution in [0.1, 0.15) is 5.56 Å². The molecule has 112 valence electrons. The lowest BCUT2D eigenvalue weighted by molar-refractivity contribution is -0.137. The van der Waals surface area contributed by atoms with Crippen molar-refractivity contribution in [3.63, 3.8) is 0 Å². The van der Waals surface area contributed by atoms with Crippen molar-refractivity contribution in [2.24, 2.45) is 0 Å². The minimum absolute atomic E-state index is 0.318. The van der Waals surface area contributed by atoms with Crippen LogP contribution in [0.2, 0.25) is 0 Å². The molecule has 3 nitrogen and oxygen atoms in total. The molecule has 0 aliphatic heterocycles. The van der Waals surface area contributed by atoms with Gasteiger partial charge in [0.15, 0.2) is 0 Å². The van der Waals surface area contributed by atoms with Gasteiger partial charge in [-0.15, -0.1) is 0 Å². The lowest BCUT2D eigenvalue weighted by Gasteiger charge is -2.11. The highest BCUT2D eigenvalue weighted by molar-refractivity contribution is 5.54. The molecule has 0 unspecified atom stereocenters. The van der Waals surface area contributed by atoms with Crippen molar-refractivity contribution >= 4 is 5.69 Å². The number of benzene rings is 2. The molecule has 0 aromatic heterocycles. The van der Waals surface area contributed by atoms with Gasteiger partial charge in [-0.05, 0) is 24.3 Å². The molecule has 0 radical (unpaired) electrons. The third kappa shape index (κ3) is 3.81. The number of methoxy groups -OCH3 is 1. The monoisotopic (exact) mass is 297 g/mol. The van der Waals surface area contributed by atoms with Crippen molar-refractivity contribution in [2.45, 2.75) is 6.18 Å². The SMILES string of the molecule is CNc1cc(OC)cc(Oc2ccc(C(F)(F)F)cc2)c1. The van der Waals surface area contributed by atoms with Crippen LogP contribution in [-0.4, -0.2) is 14.2 Å². The zero-order valence-corrected chi connectivity index (χ0v) is 11.5. The number of alkyl halides is 3. The molecule has 2 rings (SSSR count). The average molecular weight is 297 g/mol. The van der Waals surface area contributed by atoms with Crippen LogP contribution in [0.3, 0.4) is 0 Å². The topological polar surface area (TPSA) is 30.5 Å². The lowest BCUT2D eigenvalue weighted by Crippen LogP contribution is -2.04. The summed E-state index contributed by atoms with van der Waals surface area (Å²) in [5, 5.41) is 2.95. The molecule has 21 heavy (non-hydrogen) atoms. The molecule has 0 amide bonds. The second kappa shape index (κ2) is 5.95. The number of hydrogen-bond donors (Lipinski definition) is 1. The Kier molecular flexibility index (Phi) is 4.26. The van der Waals surface area contributed by atoms with Crippen LogP contribution >= 0.6 is 0 Å². The van der Waals surface area contributed by atoms with Crippen molar-refractivity contribution < 1.29 is 22.6 Å². The van der Waals surface area contributed by atoms with E-state index in [1.165, 1.54) is 19.2 Å². The van der Waals surface area contributed by atoms with Gasteiger partial charge in [-0.2, -0.15) is 13.2 Å². The van der Waals surface area contributed by atoms with Gasteiger partial charge in [-0.3, -0.25) is 0 Å². The van der Waals surface area contributed by atoms with Crippen molar-refractivity contribution in [3.05, 3.63) is 48.0 Å². The van der Waals surface area contributed by atoms with Gasteiger partial charge in [0.2, 0.25) is 0 Å². The van der Waals surface area contributed by atoms with Crippen LogP contribution in [0, 0.1) is 0 Å². The summed E-state index contributed by atoms with van der Waals surface area (Å²) in [4.78, 5) is 0. The third-order valence-corrected chi connectivity index (χ3v) is 2.82. The molecule has 2 aromatic carbocycles. The summed E-state index contributed by atoms with van der Waals surface area (Å²) >= 11 is 0. The minimum atomic E-state index is -4.35. The highest BCUT2D eigenvalue weighted by Crippen LogP contribution is 2.33. The number of anilines is 1. The van der Waals surface area contributed by atoms with E-state index < -0.39 is 11.7 Å². The van der Waals surface area contributed by atoms with Crippen molar-refractivity contribution in [2.75, 3.05) is 19.5 Å². The Morgan fingerprint density at radius 2 is 1.52 bits per heavy atom. The molecule has 0 bridgehead atoms. The van der Waals surface area contributed by atoms with E-state index in [0.29, 0.717) is 17.2 Å². The number of ether oxygens (including phenoxy) is 2. The molecule has 0 saturated carbocycles. The largest absolute Gasteiger partial charge is 0.497 e. The standard InChI is InChI=1S/C15H14F3NO2/c1-19-11-7-13(20-2)9-14(8-11)21-12-5-3-10(4-6-12)15(16,17)18/h3-9,19H,1-2H3. The van der Waals surface area contributed by atoms with Gasteiger partial charge >= 0.3 is 6.18 Å². The van der Waals surface area contributed by atoms with E-state index in [-0.39, 0.29) is 0 Å². The first-order valence-electron chi connectivity index (χ1n) is 6.14. The highest BCUT2D eigenvalue weighted by atomic mass is 19.4. The molecule has 0 heterocycles. The molecule has 0 aliphatic rings. The first kappa shape index (κ1) is 15.0. The molecule has 0 atom stereocenters. The summed E-state index contributed by atoms with van der Waals surface area (Å²) in [5.74, 6) is 1.38. The molecular formula is C15H14F3NO2. The number of rotatable bonds is 4. The normalized spacial score (nSPS) is 11.1. The van der Waals surface area contributed by atoms with Crippen LogP contribution in [0.15, 0.2) is 42.5 Å². The second-order valence-electron chi connectivity index (χ2n) is 4.27. The molecule has 0 spiro atoms. The zero-order valence-electron chi connectivity index (χ0n) is 11.5. The fraction of sp³-hybridized carbons (Fsp3) is 0.200. The summed E-state index contributed by atoms with van der Waals surface area (Å²) in [6.07, 6.45) is -4.35. The van der Waals surface area contributed by atoms with Crippen LogP contribution in [0.5, 0.6) is 17.2 Å². The zero-order chi connectivity index (χ0) is 15.5. The van der Waals surface area contributed by atoms with E-state index in [1.807, 2.05) is 0 Å². The van der Waals surface area contributed by atoms with Crippen molar-refractivity contribution in [3.8, 4) is 17.2 Å². The van der Waals surface area contributed by atoms with Crippen molar-refractivity contribution in [1.82, 2.24) is 0 Å². The van der Waals surface area contributed by atoms with Crippen LogP contribution in [0.25, 0.3) is 0 Å². The summed E-state index contributed by atoms with van der Waals surface area (Å²) in [7, 11) is 3.27. The van der Waals surface area contributed by atoms with Gasteiger partial charge in [0.1, 0.15) is 17.2 Å². The van der Waals surface area contributed by atoms with Gasteiger partial charge < -0.3 is 14.8 Å². The van der Waals surface area contributed by atoms with Crippen molar-refractivity contribution in [1.29, 1.82) is 0 Å². The predicted octanol–water partition coefficient (Wildman–Crippen LogP) is 4.55. The van der Waals surface area contributed by atoms with Gasteiger partial charge in [0, 0.05) is 30.9 Å². The van der Waals surface area contributed by atoms with E-state index in [0.717, 1.165) is 17.8 Å². The van der Waals surface area contributed by atoms with E-state index in [1.54, 1.807) is 25.2 Å². The van der Waals surface area contributed by atoms with E-state index in [9.17, 15) is 13.2 Å². The van der Waals surface area contributed by atoms with E-state index in [4.69, 9.17) is 9.47 Å². The third-order valence-electron chi connectivity index (χ3n) is 2.82. The maximum atomic E-state index is 12.5. The highest BCUT2D eigenvalue weighted by Gasteiger charge is 2.30. The minimum Gasteiger partial charge on any atom is -0.497 e. The number of nitrogens with one attached hydrogen (secondary N) is 1. The molecule has 0 fully saturated rings. The Labute approximate surface area is 120 Å². The summed E-state index contributed by atoms with van der Waals surface area (Å²) < 4.78 is 48.1. The maximum Gasteiger partial charge on any atom is 0.416 e. The summed E-state index contributed by atoms with van der Waals surface area (Å²) in [5.41, 5.74) is 0.0627. The first-order chi connectivity index (χ1) is 9.92. The summed E-state index contributed by atoms with van der Waals surface area (Å²) in [6, 6.07) is 9.67. The second-order valence-corrected chi connectivity index (χ2v) is 4.27. The predicted molar refractivity (Wildman–Crippen MR) is 74.1 cm³/mol. The number of halogens is 3. The molecule has 0 aliphatic carbocycles. The lowest BCUT2D eigenvalue weighted by atomic mass is 10.2. The molecular weight excluding hydrogens is 283 g/mol. The number of hydrogen-bond acceptors (Lipinski definition) is 3. The van der Waals surface area contributed by atoms with Crippen LogP contribution in [-0.2, 0) is 6.18 Å². The molecule has 6 heteroatoms.